The number of nitrogens with zero attached hydrogens (tertiary/aromatic N) is 2. The highest BCUT2D eigenvalue weighted by atomic mass is 19.1. The summed E-state index contributed by atoms with van der Waals surface area (Å²) < 4.78 is 13.4. The van der Waals surface area contributed by atoms with E-state index in [9.17, 15) is 4.39 Å². The minimum absolute atomic E-state index is 0.417. The van der Waals surface area contributed by atoms with E-state index in [1.54, 1.807) is 6.07 Å². The molecule has 0 unspecified atom stereocenters. The van der Waals surface area contributed by atoms with E-state index >= 15 is 0 Å². The number of benzene rings is 1. The number of hydrogen-bond acceptors (Lipinski definition) is 3. The average molecular weight is 340 g/mol. The maximum atomic E-state index is 13.4. The molecule has 0 aliphatic carbocycles. The van der Waals surface area contributed by atoms with E-state index in [1.807, 2.05) is 19.2 Å². The summed E-state index contributed by atoms with van der Waals surface area (Å²) in [7, 11) is 1.97. The van der Waals surface area contributed by atoms with Crippen molar-refractivity contribution in [2.24, 2.45) is 0 Å². The molecule has 0 saturated carbocycles. The summed E-state index contributed by atoms with van der Waals surface area (Å²) in [5.41, 5.74) is 3.19. The third-order valence-electron chi connectivity index (χ3n) is 4.38. The minimum atomic E-state index is -0.417. The lowest BCUT2D eigenvalue weighted by Gasteiger charge is -2.22. The smallest absolute Gasteiger partial charge is 0.213 e. The van der Waals surface area contributed by atoms with Crippen LogP contribution in [0.2, 0.25) is 0 Å². The summed E-state index contributed by atoms with van der Waals surface area (Å²) in [5.74, 6) is -0.417. The van der Waals surface area contributed by atoms with E-state index in [0.29, 0.717) is 6.54 Å². The SMILES string of the molecule is CNCCCCN(Cc1cccc(F)n1)Cc1c[nH]c2ccccc12. The van der Waals surface area contributed by atoms with Gasteiger partial charge in [0.2, 0.25) is 5.95 Å². The van der Waals surface area contributed by atoms with Crippen LogP contribution in [0.5, 0.6) is 0 Å². The van der Waals surface area contributed by atoms with E-state index in [2.05, 4.69) is 44.6 Å². The lowest BCUT2D eigenvalue weighted by atomic mass is 10.1. The Labute approximate surface area is 148 Å². The molecule has 1 aromatic carbocycles. The third-order valence-corrected chi connectivity index (χ3v) is 4.38. The second kappa shape index (κ2) is 8.74. The van der Waals surface area contributed by atoms with Crippen LogP contribution < -0.4 is 5.32 Å². The van der Waals surface area contributed by atoms with Gasteiger partial charge < -0.3 is 10.3 Å². The molecule has 2 heterocycles. The molecule has 0 fully saturated rings. The van der Waals surface area contributed by atoms with Crippen molar-refractivity contribution in [2.75, 3.05) is 20.1 Å². The molecule has 0 spiro atoms. The van der Waals surface area contributed by atoms with Crippen LogP contribution in [-0.2, 0) is 13.1 Å². The zero-order valence-corrected chi connectivity index (χ0v) is 14.6. The number of para-hydroxylation sites is 1. The predicted octanol–water partition coefficient (Wildman–Crippen LogP) is 3.70. The van der Waals surface area contributed by atoms with E-state index in [1.165, 1.54) is 17.0 Å². The second-order valence-electron chi connectivity index (χ2n) is 6.33. The van der Waals surface area contributed by atoms with Gasteiger partial charge in [0.25, 0.3) is 0 Å². The lowest BCUT2D eigenvalue weighted by Crippen LogP contribution is -2.25. The Hall–Kier alpha value is -2.24. The molecule has 0 aliphatic heterocycles. The summed E-state index contributed by atoms with van der Waals surface area (Å²) in [6.45, 7) is 3.44. The van der Waals surface area contributed by atoms with Crippen LogP contribution in [0.25, 0.3) is 10.9 Å². The van der Waals surface area contributed by atoms with Crippen molar-refractivity contribution in [1.82, 2.24) is 20.2 Å². The van der Waals surface area contributed by atoms with Crippen molar-refractivity contribution >= 4 is 10.9 Å². The van der Waals surface area contributed by atoms with Gasteiger partial charge in [-0.3, -0.25) is 4.90 Å². The van der Waals surface area contributed by atoms with Gasteiger partial charge in [-0.15, -0.1) is 0 Å². The van der Waals surface area contributed by atoms with Crippen LogP contribution in [-0.4, -0.2) is 35.0 Å². The highest BCUT2D eigenvalue weighted by molar-refractivity contribution is 5.82. The fourth-order valence-electron chi connectivity index (χ4n) is 3.12. The van der Waals surface area contributed by atoms with Crippen molar-refractivity contribution in [3.05, 3.63) is 65.9 Å². The van der Waals surface area contributed by atoms with Crippen LogP contribution in [0.4, 0.5) is 4.39 Å². The number of nitrogens with one attached hydrogen (secondary N) is 2. The van der Waals surface area contributed by atoms with Crippen LogP contribution in [0, 0.1) is 5.95 Å². The second-order valence-corrected chi connectivity index (χ2v) is 6.33. The summed E-state index contributed by atoms with van der Waals surface area (Å²) >= 11 is 0. The standard InChI is InChI=1S/C20H25FN4/c1-22-11-4-5-12-25(15-17-7-6-10-20(21)24-17)14-16-13-23-19-9-3-2-8-18(16)19/h2-3,6-10,13,22-23H,4-5,11-12,14-15H2,1H3. The molecule has 3 aromatic rings. The number of aromatic amines is 1. The molecular weight excluding hydrogens is 315 g/mol. The number of rotatable bonds is 9. The molecule has 3 rings (SSSR count). The molecule has 5 heteroatoms. The number of unbranched alkanes of at least 4 members (excludes halogenated alkanes) is 1. The minimum Gasteiger partial charge on any atom is -0.361 e. The fraction of sp³-hybridized carbons (Fsp3) is 0.350. The number of H-pyrrole nitrogens is 1. The van der Waals surface area contributed by atoms with Gasteiger partial charge in [0, 0.05) is 30.2 Å². The number of aromatic nitrogens is 2. The summed E-state index contributed by atoms with van der Waals surface area (Å²) in [4.78, 5) is 9.69. The largest absolute Gasteiger partial charge is 0.361 e. The topological polar surface area (TPSA) is 44.0 Å². The van der Waals surface area contributed by atoms with Gasteiger partial charge >= 0.3 is 0 Å². The molecule has 0 saturated heterocycles. The first-order valence-corrected chi connectivity index (χ1v) is 8.79. The summed E-state index contributed by atoms with van der Waals surface area (Å²) in [6.07, 6.45) is 4.29. The summed E-state index contributed by atoms with van der Waals surface area (Å²) in [5, 5.41) is 4.43. The Kier molecular flexibility index (Phi) is 6.14. The van der Waals surface area contributed by atoms with Crippen LogP contribution >= 0.6 is 0 Å². The fourth-order valence-corrected chi connectivity index (χ4v) is 3.12. The molecule has 2 aromatic heterocycles. The highest BCUT2D eigenvalue weighted by Crippen LogP contribution is 2.20. The predicted molar refractivity (Wildman–Crippen MR) is 99.8 cm³/mol. The molecule has 0 aliphatic rings. The van der Waals surface area contributed by atoms with Crippen LogP contribution in [0.1, 0.15) is 24.1 Å². The Balaban J connectivity index is 1.73. The first-order chi connectivity index (χ1) is 12.3. The van der Waals surface area contributed by atoms with Gasteiger partial charge in [-0.25, -0.2) is 4.98 Å². The van der Waals surface area contributed by atoms with Gasteiger partial charge in [0.1, 0.15) is 0 Å². The van der Waals surface area contributed by atoms with Crippen molar-refractivity contribution in [3.8, 4) is 0 Å². The maximum Gasteiger partial charge on any atom is 0.213 e. The van der Waals surface area contributed by atoms with Crippen molar-refractivity contribution < 1.29 is 4.39 Å². The van der Waals surface area contributed by atoms with Crippen molar-refractivity contribution in [2.45, 2.75) is 25.9 Å². The van der Waals surface area contributed by atoms with E-state index < -0.39 is 5.95 Å². The molecule has 0 amide bonds. The molecule has 4 nitrogen and oxygen atoms in total. The van der Waals surface area contributed by atoms with Crippen molar-refractivity contribution in [3.63, 3.8) is 0 Å². The Morgan fingerprint density at radius 2 is 1.96 bits per heavy atom. The molecular formula is C20H25FN4. The van der Waals surface area contributed by atoms with Gasteiger partial charge in [-0.05, 0) is 56.7 Å². The average Bonchev–Trinajstić information content (AvgIpc) is 3.02. The molecule has 0 bridgehead atoms. The zero-order chi connectivity index (χ0) is 17.5. The Bertz CT molecular complexity index is 799. The van der Waals surface area contributed by atoms with Crippen molar-refractivity contribution in [1.29, 1.82) is 0 Å². The number of hydrogen-bond donors (Lipinski definition) is 2. The number of halogens is 1. The van der Waals surface area contributed by atoms with E-state index in [0.717, 1.165) is 43.7 Å². The van der Waals surface area contributed by atoms with Crippen LogP contribution in [0.3, 0.4) is 0 Å². The number of pyridine rings is 1. The molecule has 25 heavy (non-hydrogen) atoms. The highest BCUT2D eigenvalue weighted by Gasteiger charge is 2.11. The summed E-state index contributed by atoms with van der Waals surface area (Å²) in [6, 6.07) is 13.3. The monoisotopic (exact) mass is 340 g/mol. The first kappa shape index (κ1) is 17.6. The van der Waals surface area contributed by atoms with Gasteiger partial charge in [0.15, 0.2) is 0 Å². The quantitative estimate of drug-likeness (QED) is 0.461. The van der Waals surface area contributed by atoms with E-state index in [4.69, 9.17) is 0 Å². The number of fused-ring (bicyclic) bond motifs is 1. The molecule has 132 valence electrons. The maximum absolute atomic E-state index is 13.4. The Morgan fingerprint density at radius 1 is 1.08 bits per heavy atom. The Morgan fingerprint density at radius 3 is 2.80 bits per heavy atom. The normalized spacial score (nSPS) is 11.5. The van der Waals surface area contributed by atoms with E-state index in [-0.39, 0.29) is 0 Å². The first-order valence-electron chi connectivity index (χ1n) is 8.79. The lowest BCUT2D eigenvalue weighted by molar-refractivity contribution is 0.248. The van der Waals surface area contributed by atoms with Gasteiger partial charge in [-0.2, -0.15) is 4.39 Å². The van der Waals surface area contributed by atoms with Gasteiger partial charge in [-0.1, -0.05) is 24.3 Å². The zero-order valence-electron chi connectivity index (χ0n) is 14.6. The molecule has 0 radical (unpaired) electrons. The third kappa shape index (κ3) is 4.87. The van der Waals surface area contributed by atoms with Crippen LogP contribution in [0.15, 0.2) is 48.7 Å². The molecule has 2 N–H and O–H groups in total. The molecule has 0 atom stereocenters. The van der Waals surface area contributed by atoms with Gasteiger partial charge in [0.05, 0.1) is 5.69 Å².